The predicted octanol–water partition coefficient (Wildman–Crippen LogP) is 0.556. The Morgan fingerprint density at radius 3 is 2.82 bits per heavy atom. The monoisotopic (exact) mass is 159 g/mol. The van der Waals surface area contributed by atoms with Crippen molar-refractivity contribution in [3.63, 3.8) is 0 Å². The maximum Gasteiger partial charge on any atom is 0.323 e. The molecular weight excluding hydrogens is 146 g/mol. The highest BCUT2D eigenvalue weighted by molar-refractivity contribution is 5.71. The highest BCUT2D eigenvalue weighted by Gasteiger charge is 2.05. The SMILES string of the molecule is C=CON(C)CC(=O)OCC. The van der Waals surface area contributed by atoms with Crippen LogP contribution in [0.1, 0.15) is 6.92 Å². The Bertz CT molecular complexity index is 136. The van der Waals surface area contributed by atoms with Gasteiger partial charge in [0.1, 0.15) is 12.8 Å². The van der Waals surface area contributed by atoms with E-state index in [0.29, 0.717) is 6.61 Å². The Balaban J connectivity index is 3.48. The Labute approximate surface area is 66.3 Å². The van der Waals surface area contributed by atoms with E-state index in [1.807, 2.05) is 0 Å². The lowest BCUT2D eigenvalue weighted by Crippen LogP contribution is -2.25. The summed E-state index contributed by atoms with van der Waals surface area (Å²) in [6.07, 6.45) is 1.25. The molecule has 0 aromatic carbocycles. The molecule has 0 fully saturated rings. The summed E-state index contributed by atoms with van der Waals surface area (Å²) in [6.45, 7) is 5.59. The molecule has 0 aliphatic rings. The van der Waals surface area contributed by atoms with Gasteiger partial charge in [0.15, 0.2) is 0 Å². The van der Waals surface area contributed by atoms with Gasteiger partial charge in [-0.2, -0.15) is 0 Å². The maximum absolute atomic E-state index is 10.8. The largest absolute Gasteiger partial charge is 0.465 e. The Morgan fingerprint density at radius 2 is 2.36 bits per heavy atom. The summed E-state index contributed by atoms with van der Waals surface area (Å²) < 4.78 is 4.66. The van der Waals surface area contributed by atoms with Crippen LogP contribution in [0.5, 0.6) is 0 Å². The van der Waals surface area contributed by atoms with Crippen LogP contribution in [-0.4, -0.2) is 31.2 Å². The summed E-state index contributed by atoms with van der Waals surface area (Å²) in [6, 6.07) is 0. The molecule has 0 heterocycles. The van der Waals surface area contributed by atoms with E-state index in [0.717, 1.165) is 0 Å². The minimum atomic E-state index is -0.308. The second kappa shape index (κ2) is 5.73. The van der Waals surface area contributed by atoms with E-state index < -0.39 is 0 Å². The normalized spacial score (nSPS) is 9.36. The molecule has 4 heteroatoms. The molecule has 64 valence electrons. The molecule has 0 saturated carbocycles. The summed E-state index contributed by atoms with van der Waals surface area (Å²) in [5, 5.41) is 1.34. The number of carbonyl (C=O) groups is 1. The molecule has 0 saturated heterocycles. The van der Waals surface area contributed by atoms with Gasteiger partial charge in [-0.05, 0) is 6.92 Å². The fraction of sp³-hybridized carbons (Fsp3) is 0.571. The van der Waals surface area contributed by atoms with Gasteiger partial charge in [-0.25, -0.2) is 0 Å². The van der Waals surface area contributed by atoms with Crippen molar-refractivity contribution >= 4 is 5.97 Å². The maximum atomic E-state index is 10.8. The van der Waals surface area contributed by atoms with Crippen molar-refractivity contribution in [1.82, 2.24) is 5.06 Å². The van der Waals surface area contributed by atoms with Gasteiger partial charge >= 0.3 is 5.97 Å². The Morgan fingerprint density at radius 1 is 1.73 bits per heavy atom. The third kappa shape index (κ3) is 5.42. The number of ether oxygens (including phenoxy) is 1. The number of likely N-dealkylation sites (N-methyl/N-ethyl adjacent to an activating group) is 1. The quantitative estimate of drug-likeness (QED) is 0.334. The van der Waals surface area contributed by atoms with Crippen molar-refractivity contribution in [2.45, 2.75) is 6.92 Å². The third-order valence-electron chi connectivity index (χ3n) is 0.912. The molecule has 0 aliphatic heterocycles. The summed E-state index contributed by atoms with van der Waals surface area (Å²) >= 11 is 0. The molecule has 0 N–H and O–H groups in total. The molecule has 0 atom stereocenters. The zero-order valence-electron chi connectivity index (χ0n) is 6.87. The second-order valence-electron chi connectivity index (χ2n) is 1.86. The molecule has 0 spiro atoms. The number of esters is 1. The van der Waals surface area contributed by atoms with E-state index in [-0.39, 0.29) is 12.5 Å². The first kappa shape index (κ1) is 9.97. The van der Waals surface area contributed by atoms with Gasteiger partial charge in [0.2, 0.25) is 0 Å². The first-order chi connectivity index (χ1) is 5.20. The Hall–Kier alpha value is -1.03. The van der Waals surface area contributed by atoms with Gasteiger partial charge in [0, 0.05) is 7.05 Å². The standard InChI is InChI=1S/C7H13NO3/c1-4-10-7(9)6-8(3)11-5-2/h5H,2,4,6H2,1,3H3. The number of nitrogens with zero attached hydrogens (tertiary/aromatic N) is 1. The van der Waals surface area contributed by atoms with Crippen LogP contribution < -0.4 is 0 Å². The van der Waals surface area contributed by atoms with Crippen molar-refractivity contribution in [2.24, 2.45) is 0 Å². The van der Waals surface area contributed by atoms with Crippen LogP contribution in [0.4, 0.5) is 0 Å². The summed E-state index contributed by atoms with van der Waals surface area (Å²) in [5.41, 5.74) is 0. The summed E-state index contributed by atoms with van der Waals surface area (Å²) in [7, 11) is 1.62. The topological polar surface area (TPSA) is 38.8 Å². The van der Waals surface area contributed by atoms with Gasteiger partial charge in [-0.3, -0.25) is 4.79 Å². The molecule has 0 aromatic rings. The van der Waals surface area contributed by atoms with E-state index >= 15 is 0 Å². The lowest BCUT2D eigenvalue weighted by atomic mass is 10.6. The van der Waals surface area contributed by atoms with Crippen LogP contribution in [-0.2, 0) is 14.4 Å². The molecule has 0 aromatic heterocycles. The fourth-order valence-electron chi connectivity index (χ4n) is 0.553. The van der Waals surface area contributed by atoms with Gasteiger partial charge in [0.25, 0.3) is 0 Å². The average molecular weight is 159 g/mol. The predicted molar refractivity (Wildman–Crippen MR) is 40.5 cm³/mol. The highest BCUT2D eigenvalue weighted by Crippen LogP contribution is 1.87. The Kier molecular flexibility index (Phi) is 5.20. The van der Waals surface area contributed by atoms with E-state index in [4.69, 9.17) is 4.84 Å². The van der Waals surface area contributed by atoms with Crippen LogP contribution in [0.2, 0.25) is 0 Å². The van der Waals surface area contributed by atoms with Gasteiger partial charge in [-0.15, -0.1) is 5.06 Å². The van der Waals surface area contributed by atoms with Crippen molar-refractivity contribution in [1.29, 1.82) is 0 Å². The van der Waals surface area contributed by atoms with Crippen LogP contribution in [0.3, 0.4) is 0 Å². The molecule has 0 radical (unpaired) electrons. The number of hydroxylamine groups is 2. The lowest BCUT2D eigenvalue weighted by molar-refractivity contribution is -0.156. The van der Waals surface area contributed by atoms with Gasteiger partial charge < -0.3 is 9.57 Å². The van der Waals surface area contributed by atoms with Crippen LogP contribution in [0.25, 0.3) is 0 Å². The van der Waals surface area contributed by atoms with Crippen molar-refractivity contribution in [2.75, 3.05) is 20.2 Å². The highest BCUT2D eigenvalue weighted by atomic mass is 16.7. The van der Waals surface area contributed by atoms with Crippen molar-refractivity contribution < 1.29 is 14.4 Å². The van der Waals surface area contributed by atoms with Crippen LogP contribution in [0.15, 0.2) is 12.8 Å². The average Bonchev–Trinajstić information content (AvgIpc) is 1.87. The minimum absolute atomic E-state index is 0.111. The van der Waals surface area contributed by atoms with Crippen LogP contribution in [0, 0.1) is 0 Å². The molecular formula is C7H13NO3. The second-order valence-corrected chi connectivity index (χ2v) is 1.86. The molecule has 0 unspecified atom stereocenters. The molecule has 0 rings (SSSR count). The van der Waals surface area contributed by atoms with Crippen molar-refractivity contribution in [3.8, 4) is 0 Å². The molecule has 4 nitrogen and oxygen atoms in total. The third-order valence-corrected chi connectivity index (χ3v) is 0.912. The molecule has 0 amide bonds. The molecule has 11 heavy (non-hydrogen) atoms. The number of hydrogen-bond acceptors (Lipinski definition) is 4. The fourth-order valence-corrected chi connectivity index (χ4v) is 0.553. The minimum Gasteiger partial charge on any atom is -0.465 e. The van der Waals surface area contributed by atoms with Crippen LogP contribution >= 0.6 is 0 Å². The zero-order chi connectivity index (χ0) is 8.69. The van der Waals surface area contributed by atoms with E-state index in [1.165, 1.54) is 11.3 Å². The lowest BCUT2D eigenvalue weighted by Gasteiger charge is -2.12. The zero-order valence-corrected chi connectivity index (χ0v) is 6.87. The number of carbonyl (C=O) groups excluding carboxylic acids is 1. The van der Waals surface area contributed by atoms with Crippen molar-refractivity contribution in [3.05, 3.63) is 12.8 Å². The smallest absolute Gasteiger partial charge is 0.323 e. The summed E-state index contributed by atoms with van der Waals surface area (Å²) in [4.78, 5) is 15.5. The van der Waals surface area contributed by atoms with Gasteiger partial charge in [0.05, 0.1) is 6.61 Å². The number of rotatable bonds is 5. The van der Waals surface area contributed by atoms with E-state index in [1.54, 1.807) is 14.0 Å². The van der Waals surface area contributed by atoms with E-state index in [2.05, 4.69) is 11.3 Å². The summed E-state index contributed by atoms with van der Waals surface area (Å²) in [5.74, 6) is -0.308. The molecule has 0 bridgehead atoms. The molecule has 0 aliphatic carbocycles. The number of hydrogen-bond donors (Lipinski definition) is 0. The first-order valence-corrected chi connectivity index (χ1v) is 3.35. The first-order valence-electron chi connectivity index (χ1n) is 3.35. The van der Waals surface area contributed by atoms with Gasteiger partial charge in [-0.1, -0.05) is 6.58 Å². The van der Waals surface area contributed by atoms with E-state index in [9.17, 15) is 4.79 Å².